The second kappa shape index (κ2) is 5.19. The van der Waals surface area contributed by atoms with Crippen LogP contribution in [0, 0.1) is 5.92 Å². The molecule has 2 atom stereocenters. The van der Waals surface area contributed by atoms with Crippen LogP contribution < -0.4 is 10.1 Å². The average Bonchev–Trinajstić information content (AvgIpc) is 2.72. The molecule has 100 valence electrons. The van der Waals surface area contributed by atoms with E-state index >= 15 is 0 Å². The molecule has 0 aliphatic carbocycles. The van der Waals surface area contributed by atoms with Gasteiger partial charge in [0.25, 0.3) is 0 Å². The van der Waals surface area contributed by atoms with Crippen LogP contribution >= 0.6 is 0 Å². The minimum atomic E-state index is -3.30. The Morgan fingerprint density at radius 2 is 2.22 bits per heavy atom. The second-order valence-corrected chi connectivity index (χ2v) is 6.65. The highest BCUT2D eigenvalue weighted by Gasteiger charge is 2.21. The van der Waals surface area contributed by atoms with Crippen LogP contribution in [0.25, 0.3) is 0 Å². The van der Waals surface area contributed by atoms with Crippen LogP contribution in [-0.2, 0) is 9.84 Å². The van der Waals surface area contributed by atoms with Gasteiger partial charge < -0.3 is 10.1 Å². The van der Waals surface area contributed by atoms with E-state index in [0.29, 0.717) is 24.4 Å². The molecule has 1 N–H and O–H groups in total. The normalized spacial score (nSPS) is 24.1. The second-order valence-electron chi connectivity index (χ2n) is 4.69. The van der Waals surface area contributed by atoms with E-state index in [-0.39, 0.29) is 5.03 Å². The van der Waals surface area contributed by atoms with E-state index in [9.17, 15) is 8.42 Å². The zero-order valence-corrected chi connectivity index (χ0v) is 11.3. The summed E-state index contributed by atoms with van der Waals surface area (Å²) in [5, 5.41) is 3.30. The summed E-state index contributed by atoms with van der Waals surface area (Å²) in [7, 11) is -3.30. The molecule has 0 bridgehead atoms. The molecule has 6 nitrogen and oxygen atoms in total. The summed E-state index contributed by atoms with van der Waals surface area (Å²) >= 11 is 0. The number of rotatable bonds is 4. The van der Waals surface area contributed by atoms with Gasteiger partial charge in [0.15, 0.2) is 14.9 Å². The van der Waals surface area contributed by atoms with Crippen LogP contribution in [0.4, 0.5) is 0 Å². The summed E-state index contributed by atoms with van der Waals surface area (Å²) in [4.78, 5) is 7.76. The molecule has 18 heavy (non-hydrogen) atoms. The van der Waals surface area contributed by atoms with Crippen LogP contribution in [0.1, 0.15) is 13.3 Å². The van der Waals surface area contributed by atoms with E-state index in [1.165, 1.54) is 12.4 Å². The number of aromatic nitrogens is 2. The molecule has 1 aliphatic rings. The van der Waals surface area contributed by atoms with Crippen molar-refractivity contribution in [1.29, 1.82) is 0 Å². The molecule has 2 heterocycles. The lowest BCUT2D eigenvalue weighted by Gasteiger charge is -2.09. The topological polar surface area (TPSA) is 81.2 Å². The molecule has 0 amide bonds. The van der Waals surface area contributed by atoms with Crippen LogP contribution in [0.5, 0.6) is 5.88 Å². The van der Waals surface area contributed by atoms with Gasteiger partial charge in [0.1, 0.15) is 0 Å². The van der Waals surface area contributed by atoms with Crippen molar-refractivity contribution in [2.45, 2.75) is 24.4 Å². The monoisotopic (exact) mass is 271 g/mol. The molecule has 1 fully saturated rings. The molecule has 1 aromatic heterocycles. The van der Waals surface area contributed by atoms with E-state index < -0.39 is 9.84 Å². The Balaban J connectivity index is 1.91. The van der Waals surface area contributed by atoms with Gasteiger partial charge in [-0.1, -0.05) is 0 Å². The summed E-state index contributed by atoms with van der Waals surface area (Å²) in [5.41, 5.74) is 0. The average molecular weight is 271 g/mol. The molecular weight excluding hydrogens is 254 g/mol. The summed E-state index contributed by atoms with van der Waals surface area (Å²) in [6.07, 6.45) is 4.75. The molecule has 0 aromatic carbocycles. The first-order valence-corrected chi connectivity index (χ1v) is 7.72. The van der Waals surface area contributed by atoms with Crippen molar-refractivity contribution >= 4 is 9.84 Å². The largest absolute Gasteiger partial charge is 0.476 e. The van der Waals surface area contributed by atoms with E-state index in [2.05, 4.69) is 22.2 Å². The number of sulfone groups is 1. The zero-order chi connectivity index (χ0) is 13.2. The maximum Gasteiger partial charge on any atom is 0.232 e. The SMILES string of the molecule is C[C@@H]1C[C@H](COc2cnc(S(C)(=O)=O)cn2)CN1. The molecule has 1 aliphatic heterocycles. The van der Waals surface area contributed by atoms with Gasteiger partial charge in [-0.2, -0.15) is 0 Å². The quantitative estimate of drug-likeness (QED) is 0.846. The molecule has 0 radical (unpaired) electrons. The van der Waals surface area contributed by atoms with Crippen molar-refractivity contribution in [3.8, 4) is 5.88 Å². The number of ether oxygens (including phenoxy) is 1. The maximum atomic E-state index is 11.2. The Morgan fingerprint density at radius 3 is 2.72 bits per heavy atom. The number of nitrogens with one attached hydrogen (secondary N) is 1. The third kappa shape index (κ3) is 3.39. The fourth-order valence-corrected chi connectivity index (χ4v) is 2.42. The number of hydrogen-bond acceptors (Lipinski definition) is 6. The molecule has 0 spiro atoms. The lowest BCUT2D eigenvalue weighted by Crippen LogP contribution is -2.18. The highest BCUT2D eigenvalue weighted by atomic mass is 32.2. The van der Waals surface area contributed by atoms with Gasteiger partial charge in [-0.15, -0.1) is 0 Å². The summed E-state index contributed by atoms with van der Waals surface area (Å²) in [6.45, 7) is 3.65. The lowest BCUT2D eigenvalue weighted by atomic mass is 10.1. The van der Waals surface area contributed by atoms with Crippen LogP contribution in [-0.4, -0.2) is 43.8 Å². The molecule has 1 saturated heterocycles. The van der Waals surface area contributed by atoms with Gasteiger partial charge in [0, 0.05) is 24.8 Å². The van der Waals surface area contributed by atoms with Crippen molar-refractivity contribution < 1.29 is 13.2 Å². The molecule has 0 unspecified atom stereocenters. The van der Waals surface area contributed by atoms with Gasteiger partial charge in [0.2, 0.25) is 5.88 Å². The first-order chi connectivity index (χ1) is 8.45. The van der Waals surface area contributed by atoms with Gasteiger partial charge >= 0.3 is 0 Å². The summed E-state index contributed by atoms with van der Waals surface area (Å²) in [5.74, 6) is 0.832. The molecule has 1 aromatic rings. The standard InChI is InChI=1S/C11H17N3O3S/c1-8-3-9(4-12-8)7-17-10-5-14-11(6-13-10)18(2,15)16/h5-6,8-9,12H,3-4,7H2,1-2H3/t8-,9+/m1/s1. The van der Waals surface area contributed by atoms with Crippen molar-refractivity contribution in [2.75, 3.05) is 19.4 Å². The number of nitrogens with zero attached hydrogens (tertiary/aromatic N) is 2. The van der Waals surface area contributed by atoms with Gasteiger partial charge in [-0.05, 0) is 13.3 Å². The third-order valence-corrected chi connectivity index (χ3v) is 3.86. The van der Waals surface area contributed by atoms with E-state index in [4.69, 9.17) is 4.74 Å². The first-order valence-electron chi connectivity index (χ1n) is 5.83. The molecule has 7 heteroatoms. The van der Waals surface area contributed by atoms with E-state index in [0.717, 1.165) is 19.2 Å². The smallest absolute Gasteiger partial charge is 0.232 e. The fraction of sp³-hybridized carbons (Fsp3) is 0.636. The fourth-order valence-electron chi connectivity index (χ4n) is 1.94. The summed E-state index contributed by atoms with van der Waals surface area (Å²) in [6, 6.07) is 0.525. The predicted octanol–water partition coefficient (Wildman–Crippen LogP) is 0.257. The van der Waals surface area contributed by atoms with Gasteiger partial charge in [0.05, 0.1) is 19.0 Å². The van der Waals surface area contributed by atoms with Gasteiger partial charge in [-0.3, -0.25) is 0 Å². The summed E-state index contributed by atoms with van der Waals surface area (Å²) < 4.78 is 27.9. The van der Waals surface area contributed by atoms with Crippen LogP contribution in [0.15, 0.2) is 17.4 Å². The predicted molar refractivity (Wildman–Crippen MR) is 66.2 cm³/mol. The Morgan fingerprint density at radius 1 is 1.44 bits per heavy atom. The van der Waals surface area contributed by atoms with Crippen molar-refractivity contribution in [1.82, 2.24) is 15.3 Å². The van der Waals surface area contributed by atoms with Gasteiger partial charge in [-0.25, -0.2) is 18.4 Å². The van der Waals surface area contributed by atoms with E-state index in [1.807, 2.05) is 0 Å². The van der Waals surface area contributed by atoms with Crippen molar-refractivity contribution in [3.05, 3.63) is 12.4 Å². The highest BCUT2D eigenvalue weighted by Crippen LogP contribution is 2.15. The molecular formula is C11H17N3O3S. The molecule has 2 rings (SSSR count). The maximum absolute atomic E-state index is 11.2. The van der Waals surface area contributed by atoms with Crippen molar-refractivity contribution in [3.63, 3.8) is 0 Å². The van der Waals surface area contributed by atoms with Crippen LogP contribution in [0.3, 0.4) is 0 Å². The number of hydrogen-bond donors (Lipinski definition) is 1. The lowest BCUT2D eigenvalue weighted by molar-refractivity contribution is 0.248. The first kappa shape index (κ1) is 13.2. The minimum absolute atomic E-state index is 0.0361. The van der Waals surface area contributed by atoms with E-state index in [1.54, 1.807) is 0 Å². The Labute approximate surface area is 107 Å². The Hall–Kier alpha value is -1.21. The Bertz CT molecular complexity index is 501. The minimum Gasteiger partial charge on any atom is -0.476 e. The Kier molecular flexibility index (Phi) is 3.82. The highest BCUT2D eigenvalue weighted by molar-refractivity contribution is 7.90. The zero-order valence-electron chi connectivity index (χ0n) is 10.5. The third-order valence-electron chi connectivity index (χ3n) is 2.89. The molecule has 0 saturated carbocycles. The van der Waals surface area contributed by atoms with Crippen LogP contribution in [0.2, 0.25) is 0 Å². The van der Waals surface area contributed by atoms with Crippen molar-refractivity contribution in [2.24, 2.45) is 5.92 Å².